The molecule has 2 aliphatic heterocycles. The average Bonchev–Trinajstić information content (AvgIpc) is 3.36. The summed E-state index contributed by atoms with van der Waals surface area (Å²) in [6.07, 6.45) is 4.96. The van der Waals surface area contributed by atoms with Gasteiger partial charge in [-0.1, -0.05) is 0 Å². The molecular weight excluding hydrogens is 454 g/mol. The van der Waals surface area contributed by atoms with Crippen LogP contribution in [0.5, 0.6) is 0 Å². The van der Waals surface area contributed by atoms with E-state index in [1.165, 1.54) is 17.5 Å². The minimum Gasteiger partial charge on any atom is -0.382 e. The molecule has 5 rings (SSSR count). The maximum Gasteiger partial charge on any atom is 0.279 e. The second kappa shape index (κ2) is 9.87. The first-order valence-electron chi connectivity index (χ1n) is 11.3. The summed E-state index contributed by atoms with van der Waals surface area (Å²) in [4.78, 5) is 35.3. The Morgan fingerprint density at radius 1 is 1.09 bits per heavy atom. The first-order chi connectivity index (χ1) is 16.6. The van der Waals surface area contributed by atoms with E-state index >= 15 is 0 Å². The highest BCUT2D eigenvalue weighted by Gasteiger charge is 2.23. The molecule has 2 fully saturated rings. The molecule has 5 N–H and O–H groups in total. The Balaban J connectivity index is 1.36. The Bertz CT molecular complexity index is 1160. The second-order valence-corrected chi connectivity index (χ2v) is 9.09. The lowest BCUT2D eigenvalue weighted by atomic mass is 10.1. The van der Waals surface area contributed by atoms with Gasteiger partial charge in [-0.2, -0.15) is 0 Å². The van der Waals surface area contributed by atoms with Crippen molar-refractivity contribution in [3.63, 3.8) is 0 Å². The summed E-state index contributed by atoms with van der Waals surface area (Å²) in [6.45, 7) is 4.57. The molecule has 1 amide bonds. The van der Waals surface area contributed by atoms with Gasteiger partial charge in [-0.25, -0.2) is 19.9 Å². The first-order valence-corrected chi connectivity index (χ1v) is 12.1. The molecule has 0 atom stereocenters. The smallest absolute Gasteiger partial charge is 0.279 e. The van der Waals surface area contributed by atoms with E-state index in [0.29, 0.717) is 30.4 Å². The standard InChI is InChI=1S/C22H27N9O2S/c23-14-3-6-30(7-4-14)17-2-1-5-25-20(17)29-21(32)18-19(24)26-12-15(27-18)16-13-34-22(28-16)31-8-10-33-11-9-31/h1-2,5,12-14H,3-4,6-11,23H2,(H2,24,26)(H,25,29,32). The number of ether oxygens (including phenoxy) is 1. The van der Waals surface area contributed by atoms with E-state index < -0.39 is 5.91 Å². The molecule has 3 aromatic heterocycles. The summed E-state index contributed by atoms with van der Waals surface area (Å²) in [5, 5.41) is 5.66. The predicted molar refractivity (Wildman–Crippen MR) is 132 cm³/mol. The summed E-state index contributed by atoms with van der Waals surface area (Å²) in [6, 6.07) is 3.99. The number of amides is 1. The molecule has 0 radical (unpaired) electrons. The zero-order valence-electron chi connectivity index (χ0n) is 18.7. The third-order valence-corrected chi connectivity index (χ3v) is 6.85. The number of nitrogens with zero attached hydrogens (tertiary/aromatic N) is 6. The third-order valence-electron chi connectivity index (χ3n) is 5.95. The van der Waals surface area contributed by atoms with Gasteiger partial charge in [0.1, 0.15) is 11.4 Å². The summed E-state index contributed by atoms with van der Waals surface area (Å²) < 4.78 is 5.41. The van der Waals surface area contributed by atoms with Crippen molar-refractivity contribution in [1.29, 1.82) is 0 Å². The Morgan fingerprint density at radius 2 is 1.88 bits per heavy atom. The number of piperidine rings is 1. The van der Waals surface area contributed by atoms with Crippen LogP contribution in [-0.4, -0.2) is 71.3 Å². The van der Waals surface area contributed by atoms with Crippen molar-refractivity contribution in [1.82, 2.24) is 19.9 Å². The second-order valence-electron chi connectivity index (χ2n) is 8.25. The minimum absolute atomic E-state index is 0.0377. The fourth-order valence-electron chi connectivity index (χ4n) is 4.03. The molecule has 2 aliphatic rings. The quantitative estimate of drug-likeness (QED) is 0.490. The number of pyridine rings is 1. The summed E-state index contributed by atoms with van der Waals surface area (Å²) in [7, 11) is 0. The molecule has 12 heteroatoms. The minimum atomic E-state index is -0.468. The third kappa shape index (κ3) is 4.79. The number of hydrogen-bond acceptors (Lipinski definition) is 11. The highest BCUT2D eigenvalue weighted by Crippen LogP contribution is 2.29. The van der Waals surface area contributed by atoms with Gasteiger partial charge in [0.25, 0.3) is 5.91 Å². The van der Waals surface area contributed by atoms with Crippen LogP contribution < -0.4 is 26.6 Å². The van der Waals surface area contributed by atoms with Crippen molar-refractivity contribution in [2.75, 3.05) is 60.2 Å². The van der Waals surface area contributed by atoms with Gasteiger partial charge in [0, 0.05) is 43.8 Å². The summed E-state index contributed by atoms with van der Waals surface area (Å²) in [5.41, 5.74) is 14.1. The van der Waals surface area contributed by atoms with Crippen LogP contribution in [0.25, 0.3) is 11.4 Å². The van der Waals surface area contributed by atoms with Crippen molar-refractivity contribution in [3.05, 3.63) is 35.6 Å². The van der Waals surface area contributed by atoms with E-state index in [1.807, 2.05) is 17.5 Å². The zero-order chi connectivity index (χ0) is 23.5. The van der Waals surface area contributed by atoms with E-state index in [9.17, 15) is 4.79 Å². The fraction of sp³-hybridized carbons (Fsp3) is 0.409. The lowest BCUT2D eigenvalue weighted by molar-refractivity contribution is 0.102. The Labute approximate surface area is 201 Å². The number of anilines is 4. The van der Waals surface area contributed by atoms with Crippen LogP contribution in [0.15, 0.2) is 29.9 Å². The number of morpholine rings is 1. The topological polar surface area (TPSA) is 148 Å². The zero-order valence-corrected chi connectivity index (χ0v) is 19.5. The van der Waals surface area contributed by atoms with Crippen LogP contribution in [0.1, 0.15) is 23.3 Å². The average molecular weight is 482 g/mol. The SMILES string of the molecule is Nc1ncc(-c2csc(N3CCOCC3)n2)nc1C(=O)Nc1ncccc1N1CCC(N)CC1. The maximum atomic E-state index is 13.1. The Hall–Kier alpha value is -3.35. The van der Waals surface area contributed by atoms with E-state index in [4.69, 9.17) is 16.2 Å². The number of nitrogens with two attached hydrogens (primary N) is 2. The number of hydrogen-bond donors (Lipinski definition) is 3. The van der Waals surface area contributed by atoms with Crippen molar-refractivity contribution in [2.45, 2.75) is 18.9 Å². The highest BCUT2D eigenvalue weighted by molar-refractivity contribution is 7.14. The Kier molecular flexibility index (Phi) is 6.52. The van der Waals surface area contributed by atoms with E-state index in [1.54, 1.807) is 6.20 Å². The molecule has 0 unspecified atom stereocenters. The Morgan fingerprint density at radius 3 is 2.68 bits per heavy atom. The number of carbonyl (C=O) groups excluding carboxylic acids is 1. The molecule has 5 heterocycles. The molecule has 0 aromatic carbocycles. The highest BCUT2D eigenvalue weighted by atomic mass is 32.1. The van der Waals surface area contributed by atoms with Crippen LogP contribution in [0.3, 0.4) is 0 Å². The normalized spacial score (nSPS) is 17.1. The predicted octanol–water partition coefficient (Wildman–Crippen LogP) is 1.59. The number of nitrogen functional groups attached to an aromatic ring is 1. The van der Waals surface area contributed by atoms with Gasteiger partial charge >= 0.3 is 0 Å². The van der Waals surface area contributed by atoms with Gasteiger partial charge < -0.3 is 31.3 Å². The van der Waals surface area contributed by atoms with Crippen molar-refractivity contribution < 1.29 is 9.53 Å². The van der Waals surface area contributed by atoms with Crippen LogP contribution >= 0.6 is 11.3 Å². The van der Waals surface area contributed by atoms with Gasteiger partial charge in [-0.3, -0.25) is 4.79 Å². The lowest BCUT2D eigenvalue weighted by Crippen LogP contribution is -2.40. The van der Waals surface area contributed by atoms with Gasteiger partial charge in [0.05, 0.1) is 25.1 Å². The number of carbonyl (C=O) groups is 1. The molecule has 0 saturated carbocycles. The maximum absolute atomic E-state index is 13.1. The monoisotopic (exact) mass is 481 g/mol. The van der Waals surface area contributed by atoms with E-state index in [2.05, 4.69) is 35.1 Å². The fourth-order valence-corrected chi connectivity index (χ4v) is 4.90. The molecule has 178 valence electrons. The molecule has 3 aromatic rings. The molecule has 0 aliphatic carbocycles. The summed E-state index contributed by atoms with van der Waals surface area (Å²) in [5.74, 6) is 0.0355. The van der Waals surface area contributed by atoms with Gasteiger partial charge in [0.2, 0.25) is 0 Å². The van der Waals surface area contributed by atoms with Crippen LogP contribution in [0.2, 0.25) is 0 Å². The first kappa shape index (κ1) is 22.4. The van der Waals surface area contributed by atoms with Crippen molar-refractivity contribution in [3.8, 4) is 11.4 Å². The summed E-state index contributed by atoms with van der Waals surface area (Å²) >= 11 is 1.53. The van der Waals surface area contributed by atoms with Gasteiger partial charge in [-0.15, -0.1) is 11.3 Å². The van der Waals surface area contributed by atoms with Gasteiger partial charge in [-0.05, 0) is 25.0 Å². The van der Waals surface area contributed by atoms with E-state index in [0.717, 1.165) is 49.8 Å². The molecule has 0 spiro atoms. The number of thiazole rings is 1. The van der Waals surface area contributed by atoms with Crippen LogP contribution in [0.4, 0.5) is 22.5 Å². The number of aromatic nitrogens is 4. The molecule has 11 nitrogen and oxygen atoms in total. The van der Waals surface area contributed by atoms with Crippen molar-refractivity contribution >= 4 is 39.7 Å². The van der Waals surface area contributed by atoms with Crippen molar-refractivity contribution in [2.24, 2.45) is 5.73 Å². The van der Waals surface area contributed by atoms with Crippen LogP contribution in [0, 0.1) is 0 Å². The number of rotatable bonds is 5. The molecule has 0 bridgehead atoms. The molecule has 2 saturated heterocycles. The molecule has 34 heavy (non-hydrogen) atoms. The van der Waals surface area contributed by atoms with E-state index in [-0.39, 0.29) is 17.6 Å². The van der Waals surface area contributed by atoms with Gasteiger partial charge in [0.15, 0.2) is 22.5 Å². The number of nitrogens with one attached hydrogen (secondary N) is 1. The van der Waals surface area contributed by atoms with Crippen LogP contribution in [-0.2, 0) is 4.74 Å². The lowest BCUT2D eigenvalue weighted by Gasteiger charge is -2.32. The largest absolute Gasteiger partial charge is 0.382 e. The molecular formula is C22H27N9O2S.